The van der Waals surface area contributed by atoms with Gasteiger partial charge in [0.15, 0.2) is 0 Å². The van der Waals surface area contributed by atoms with Crippen LogP contribution < -0.4 is 11.1 Å². The van der Waals surface area contributed by atoms with Crippen molar-refractivity contribution in [2.24, 2.45) is 11.8 Å². The summed E-state index contributed by atoms with van der Waals surface area (Å²) >= 11 is 0. The maximum absolute atomic E-state index is 6.17. The fourth-order valence-corrected chi connectivity index (χ4v) is 3.29. The summed E-state index contributed by atoms with van der Waals surface area (Å²) in [5.74, 6) is 2.49. The minimum atomic E-state index is 0.539. The lowest BCUT2D eigenvalue weighted by atomic mass is 9.78. The molecule has 2 unspecified atom stereocenters. The van der Waals surface area contributed by atoms with Crippen LogP contribution in [0.2, 0.25) is 0 Å². The van der Waals surface area contributed by atoms with Crippen LogP contribution in [0.4, 0.5) is 11.5 Å². The van der Waals surface area contributed by atoms with Crippen LogP contribution in [0, 0.1) is 18.8 Å². The molecule has 0 spiro atoms. The van der Waals surface area contributed by atoms with Gasteiger partial charge in [-0.15, -0.1) is 0 Å². The van der Waals surface area contributed by atoms with E-state index in [0.717, 1.165) is 35.6 Å². The first-order valence-electron chi connectivity index (χ1n) is 7.64. The van der Waals surface area contributed by atoms with E-state index in [4.69, 9.17) is 5.73 Å². The average Bonchev–Trinajstić information content (AvgIpc) is 2.67. The van der Waals surface area contributed by atoms with Crippen LogP contribution in [-0.2, 0) is 6.54 Å². The zero-order valence-corrected chi connectivity index (χ0v) is 12.7. The summed E-state index contributed by atoms with van der Waals surface area (Å²) in [5, 5.41) is 8.19. The second-order valence-electron chi connectivity index (χ2n) is 6.11. The van der Waals surface area contributed by atoms with Crippen LogP contribution in [0.25, 0.3) is 0 Å². The zero-order valence-electron chi connectivity index (χ0n) is 12.7. The molecule has 108 valence electrons. The molecule has 1 fully saturated rings. The molecule has 0 bridgehead atoms. The molecule has 3 N–H and O–H groups in total. The van der Waals surface area contributed by atoms with Crippen LogP contribution in [-0.4, -0.2) is 15.8 Å². The smallest absolute Gasteiger partial charge is 0.148 e. The van der Waals surface area contributed by atoms with Gasteiger partial charge in [0.05, 0.1) is 11.4 Å². The Bertz CT molecular complexity index is 422. The van der Waals surface area contributed by atoms with E-state index in [1.165, 1.54) is 25.7 Å². The van der Waals surface area contributed by atoms with Crippen LogP contribution in [0.5, 0.6) is 0 Å². The van der Waals surface area contributed by atoms with Crippen LogP contribution in [0.1, 0.15) is 52.1 Å². The van der Waals surface area contributed by atoms with E-state index in [0.29, 0.717) is 6.04 Å². The third-order valence-corrected chi connectivity index (χ3v) is 4.47. The summed E-state index contributed by atoms with van der Waals surface area (Å²) < 4.78 is 2.00. The van der Waals surface area contributed by atoms with Crippen molar-refractivity contribution < 1.29 is 0 Å². The Morgan fingerprint density at radius 3 is 2.68 bits per heavy atom. The van der Waals surface area contributed by atoms with Crippen molar-refractivity contribution in [3.8, 4) is 0 Å². The lowest BCUT2D eigenvalue weighted by Gasteiger charge is -2.35. The molecule has 0 radical (unpaired) electrons. The Labute approximate surface area is 116 Å². The number of aryl methyl sites for hydroxylation is 2. The molecule has 2 atom stereocenters. The van der Waals surface area contributed by atoms with Crippen molar-refractivity contribution in [3.63, 3.8) is 0 Å². The van der Waals surface area contributed by atoms with Gasteiger partial charge in [0.1, 0.15) is 5.82 Å². The molecule has 1 aliphatic rings. The number of nitrogens with one attached hydrogen (secondary N) is 1. The second kappa shape index (κ2) is 5.85. The van der Waals surface area contributed by atoms with E-state index in [2.05, 4.69) is 31.2 Å². The molecule has 4 nitrogen and oxygen atoms in total. The van der Waals surface area contributed by atoms with Crippen molar-refractivity contribution in [3.05, 3.63) is 5.69 Å². The maximum atomic E-state index is 6.17. The molecule has 19 heavy (non-hydrogen) atoms. The highest BCUT2D eigenvalue weighted by Gasteiger charge is 2.28. The normalized spacial score (nSPS) is 23.8. The Balaban J connectivity index is 2.19. The number of anilines is 2. The third kappa shape index (κ3) is 2.88. The van der Waals surface area contributed by atoms with Gasteiger partial charge in [-0.05, 0) is 38.5 Å². The van der Waals surface area contributed by atoms with Crippen LogP contribution in [0.3, 0.4) is 0 Å². The van der Waals surface area contributed by atoms with E-state index >= 15 is 0 Å². The number of hydrogen-bond donors (Lipinski definition) is 2. The molecular formula is C15H28N4. The monoisotopic (exact) mass is 264 g/mol. The summed E-state index contributed by atoms with van der Waals surface area (Å²) in [5.41, 5.74) is 7.92. The lowest BCUT2D eigenvalue weighted by Crippen LogP contribution is -2.36. The highest BCUT2D eigenvalue weighted by atomic mass is 15.3. The first-order valence-corrected chi connectivity index (χ1v) is 7.64. The largest absolute Gasteiger partial charge is 0.394 e. The Morgan fingerprint density at radius 2 is 2.05 bits per heavy atom. The predicted octanol–water partition coefficient (Wildman–Crippen LogP) is 3.42. The molecule has 0 aliphatic heterocycles. The topological polar surface area (TPSA) is 55.9 Å². The highest BCUT2D eigenvalue weighted by molar-refractivity contribution is 5.65. The number of nitrogens with zero attached hydrogens (tertiary/aromatic N) is 2. The van der Waals surface area contributed by atoms with E-state index < -0.39 is 0 Å². The summed E-state index contributed by atoms with van der Waals surface area (Å²) in [7, 11) is 0. The minimum absolute atomic E-state index is 0.539. The van der Waals surface area contributed by atoms with Crippen molar-refractivity contribution in [2.45, 2.75) is 66.0 Å². The Hall–Kier alpha value is -1.19. The first-order chi connectivity index (χ1) is 9.04. The number of rotatable bonds is 4. The van der Waals surface area contributed by atoms with Gasteiger partial charge in [-0.3, -0.25) is 0 Å². The quantitative estimate of drug-likeness (QED) is 0.876. The van der Waals surface area contributed by atoms with Gasteiger partial charge in [-0.25, -0.2) is 4.68 Å². The van der Waals surface area contributed by atoms with Crippen molar-refractivity contribution in [1.29, 1.82) is 0 Å². The van der Waals surface area contributed by atoms with Crippen molar-refractivity contribution in [1.82, 2.24) is 9.78 Å². The lowest BCUT2D eigenvalue weighted by molar-refractivity contribution is 0.253. The van der Waals surface area contributed by atoms with Gasteiger partial charge in [0.25, 0.3) is 0 Å². The fraction of sp³-hybridized carbons (Fsp3) is 0.800. The molecular weight excluding hydrogens is 236 g/mol. The number of aromatic nitrogens is 2. The van der Waals surface area contributed by atoms with Crippen molar-refractivity contribution in [2.75, 3.05) is 11.1 Å². The van der Waals surface area contributed by atoms with E-state index in [1.807, 2.05) is 11.6 Å². The molecule has 2 rings (SSSR count). The summed E-state index contributed by atoms with van der Waals surface area (Å²) in [6.45, 7) is 9.61. The summed E-state index contributed by atoms with van der Waals surface area (Å²) in [6.07, 6.45) is 5.26. The number of nitrogens with two attached hydrogens (primary N) is 1. The van der Waals surface area contributed by atoms with Crippen LogP contribution >= 0.6 is 0 Å². The molecule has 0 saturated heterocycles. The Morgan fingerprint density at radius 1 is 1.37 bits per heavy atom. The van der Waals surface area contributed by atoms with Gasteiger partial charge in [0, 0.05) is 12.6 Å². The van der Waals surface area contributed by atoms with Crippen LogP contribution in [0.15, 0.2) is 0 Å². The SMILES string of the molecule is CCn1nc(C)c(N)c1NC1CCCCC1C(C)C. The number of nitrogen functional groups attached to an aromatic ring is 1. The second-order valence-corrected chi connectivity index (χ2v) is 6.11. The molecule has 1 aromatic heterocycles. The molecule has 1 aromatic rings. The van der Waals surface area contributed by atoms with Gasteiger partial charge in [0.2, 0.25) is 0 Å². The third-order valence-electron chi connectivity index (χ3n) is 4.47. The molecule has 1 saturated carbocycles. The molecule has 4 heteroatoms. The predicted molar refractivity (Wildman–Crippen MR) is 81.3 cm³/mol. The first kappa shape index (κ1) is 14.2. The maximum Gasteiger partial charge on any atom is 0.148 e. The summed E-state index contributed by atoms with van der Waals surface area (Å²) in [4.78, 5) is 0. The minimum Gasteiger partial charge on any atom is -0.394 e. The zero-order chi connectivity index (χ0) is 14.0. The Kier molecular flexibility index (Phi) is 4.38. The summed E-state index contributed by atoms with van der Waals surface area (Å²) in [6, 6.07) is 0.539. The number of hydrogen-bond acceptors (Lipinski definition) is 3. The molecule has 0 aromatic carbocycles. The van der Waals surface area contributed by atoms with Gasteiger partial charge in [-0.2, -0.15) is 5.10 Å². The van der Waals surface area contributed by atoms with Gasteiger partial charge in [-0.1, -0.05) is 26.7 Å². The van der Waals surface area contributed by atoms with Gasteiger partial charge >= 0.3 is 0 Å². The standard InChI is InChI=1S/C15H28N4/c1-5-19-15(14(16)11(4)18-19)17-13-9-7-6-8-12(13)10(2)3/h10,12-13,17H,5-9,16H2,1-4H3. The average molecular weight is 264 g/mol. The van der Waals surface area contributed by atoms with Gasteiger partial charge < -0.3 is 11.1 Å². The fourth-order valence-electron chi connectivity index (χ4n) is 3.29. The molecule has 1 heterocycles. The van der Waals surface area contributed by atoms with Crippen molar-refractivity contribution >= 4 is 11.5 Å². The highest BCUT2D eigenvalue weighted by Crippen LogP contribution is 2.34. The molecule has 0 amide bonds. The molecule has 1 aliphatic carbocycles. The van der Waals surface area contributed by atoms with E-state index in [9.17, 15) is 0 Å². The van der Waals surface area contributed by atoms with E-state index in [1.54, 1.807) is 0 Å². The van der Waals surface area contributed by atoms with E-state index in [-0.39, 0.29) is 0 Å².